The second kappa shape index (κ2) is 8.18. The summed E-state index contributed by atoms with van der Waals surface area (Å²) in [6, 6.07) is 1.89. The van der Waals surface area contributed by atoms with Crippen LogP contribution in [-0.4, -0.2) is 31.8 Å². The molecule has 0 radical (unpaired) electrons. The lowest BCUT2D eigenvalue weighted by atomic mass is 10.3. The van der Waals surface area contributed by atoms with E-state index < -0.39 is 5.91 Å². The van der Waals surface area contributed by atoms with E-state index in [-0.39, 0.29) is 18.7 Å². The third-order valence-electron chi connectivity index (χ3n) is 3.25. The van der Waals surface area contributed by atoms with Crippen LogP contribution in [0.1, 0.15) is 22.8 Å². The molecule has 0 aliphatic heterocycles. The highest BCUT2D eigenvalue weighted by Crippen LogP contribution is 2.20. The fourth-order valence-electron chi connectivity index (χ4n) is 2.28. The summed E-state index contributed by atoms with van der Waals surface area (Å²) in [6.07, 6.45) is 0.157. The van der Waals surface area contributed by atoms with Crippen molar-refractivity contribution in [3.8, 4) is 0 Å². The summed E-state index contributed by atoms with van der Waals surface area (Å²) in [5, 5.41) is 10.3. The van der Waals surface area contributed by atoms with Gasteiger partial charge in [-0.1, -0.05) is 0 Å². The average Bonchev–Trinajstić information content (AvgIpc) is 3.15. The first kappa shape index (κ1) is 18.9. The van der Waals surface area contributed by atoms with Gasteiger partial charge in [-0.25, -0.2) is 19.9 Å². The molecule has 0 atom stereocenters. The van der Waals surface area contributed by atoms with Gasteiger partial charge < -0.3 is 16.4 Å². The molecule has 0 aromatic carbocycles. The number of primary amides is 1. The van der Waals surface area contributed by atoms with Gasteiger partial charge in [-0.3, -0.25) is 9.59 Å². The Balaban J connectivity index is 1.57. The quantitative estimate of drug-likeness (QED) is 0.548. The Bertz CT molecular complexity index is 963. The molecule has 27 heavy (non-hydrogen) atoms. The molecular formula is C16H17N7O2S2. The van der Waals surface area contributed by atoms with Gasteiger partial charge >= 0.3 is 0 Å². The lowest BCUT2D eigenvalue weighted by Gasteiger charge is -2.03. The van der Waals surface area contributed by atoms with Crippen LogP contribution in [0.25, 0.3) is 0 Å². The van der Waals surface area contributed by atoms with Crippen LogP contribution in [0.4, 0.5) is 16.2 Å². The topological polar surface area (TPSA) is 136 Å². The van der Waals surface area contributed by atoms with Crippen LogP contribution in [0.2, 0.25) is 0 Å². The van der Waals surface area contributed by atoms with E-state index in [0.717, 1.165) is 11.4 Å². The zero-order valence-corrected chi connectivity index (χ0v) is 16.3. The van der Waals surface area contributed by atoms with Gasteiger partial charge in [0.1, 0.15) is 0 Å². The molecule has 0 aliphatic rings. The summed E-state index contributed by atoms with van der Waals surface area (Å²) >= 11 is 2.61. The minimum atomic E-state index is -0.464. The van der Waals surface area contributed by atoms with Gasteiger partial charge in [-0.2, -0.15) is 0 Å². The summed E-state index contributed by atoms with van der Waals surface area (Å²) in [5.74, 6) is -0.231. The highest BCUT2D eigenvalue weighted by molar-refractivity contribution is 7.14. The smallest absolute Gasteiger partial charge is 0.232 e. The molecule has 11 heteroatoms. The van der Waals surface area contributed by atoms with Crippen LogP contribution in [0.5, 0.6) is 0 Å². The maximum absolute atomic E-state index is 12.2. The van der Waals surface area contributed by atoms with E-state index in [9.17, 15) is 9.59 Å². The second-order valence-corrected chi connectivity index (χ2v) is 7.47. The van der Waals surface area contributed by atoms with E-state index in [4.69, 9.17) is 5.73 Å². The Kier molecular flexibility index (Phi) is 5.72. The molecule has 0 unspecified atom stereocenters. The lowest BCUT2D eigenvalue weighted by molar-refractivity contribution is -0.117. The van der Waals surface area contributed by atoms with Gasteiger partial charge in [-0.05, 0) is 19.9 Å². The van der Waals surface area contributed by atoms with Gasteiger partial charge in [0.25, 0.3) is 0 Å². The molecule has 9 nitrogen and oxygen atoms in total. The van der Waals surface area contributed by atoms with Crippen LogP contribution < -0.4 is 16.4 Å². The molecular weight excluding hydrogens is 386 g/mol. The number of thiazole rings is 2. The van der Waals surface area contributed by atoms with E-state index in [1.54, 1.807) is 10.8 Å². The zero-order valence-electron chi connectivity index (χ0n) is 14.6. The summed E-state index contributed by atoms with van der Waals surface area (Å²) in [5.41, 5.74) is 8.01. The van der Waals surface area contributed by atoms with Crippen LogP contribution in [0, 0.1) is 13.8 Å². The van der Waals surface area contributed by atoms with Gasteiger partial charge in [0, 0.05) is 22.1 Å². The minimum absolute atomic E-state index is 0.0496. The number of nitrogens with zero attached hydrogens (tertiary/aromatic N) is 4. The first-order chi connectivity index (χ1) is 12.9. The predicted molar refractivity (Wildman–Crippen MR) is 104 cm³/mol. The lowest BCUT2D eigenvalue weighted by Crippen LogP contribution is -2.15. The van der Waals surface area contributed by atoms with Crippen molar-refractivity contribution in [1.29, 1.82) is 0 Å². The third kappa shape index (κ3) is 5.53. The molecule has 3 aromatic rings. The number of carbonyl (C=O) groups excluding carboxylic acids is 2. The molecule has 140 valence electrons. The second-order valence-electron chi connectivity index (χ2n) is 5.76. The van der Waals surface area contributed by atoms with E-state index >= 15 is 0 Å². The van der Waals surface area contributed by atoms with Crippen molar-refractivity contribution in [2.24, 2.45) is 5.73 Å². The molecule has 0 aliphatic carbocycles. The molecule has 3 aromatic heterocycles. The highest BCUT2D eigenvalue weighted by Gasteiger charge is 2.12. The van der Waals surface area contributed by atoms with Crippen LogP contribution in [-0.2, 0) is 22.4 Å². The minimum Gasteiger partial charge on any atom is -0.369 e. The monoisotopic (exact) mass is 403 g/mol. The number of carbonyl (C=O) groups is 2. The Morgan fingerprint density at radius 3 is 2.22 bits per heavy atom. The van der Waals surface area contributed by atoms with Crippen LogP contribution >= 0.6 is 22.7 Å². The average molecular weight is 403 g/mol. The summed E-state index contributed by atoms with van der Waals surface area (Å²) in [7, 11) is 0. The fourth-order valence-corrected chi connectivity index (χ4v) is 3.71. The Hall–Kier alpha value is -2.92. The highest BCUT2D eigenvalue weighted by atomic mass is 32.1. The number of aryl methyl sites for hydroxylation is 2. The van der Waals surface area contributed by atoms with Crippen molar-refractivity contribution >= 4 is 50.7 Å². The van der Waals surface area contributed by atoms with Gasteiger partial charge in [0.2, 0.25) is 17.8 Å². The van der Waals surface area contributed by atoms with E-state index in [1.165, 1.54) is 22.7 Å². The van der Waals surface area contributed by atoms with Crippen molar-refractivity contribution in [3.05, 3.63) is 39.6 Å². The number of hydrogen-bond donors (Lipinski definition) is 3. The number of nitrogens with one attached hydrogen (secondary N) is 2. The largest absolute Gasteiger partial charge is 0.369 e. The zero-order chi connectivity index (χ0) is 19.4. The Morgan fingerprint density at radius 2 is 1.56 bits per heavy atom. The first-order valence-electron chi connectivity index (χ1n) is 7.93. The standard InChI is InChI=1S/C16H17N7O2S2/c1-8-3-9(2)19-14(18-8)23-16-21-11(7-27-16)5-13(25)22-15-20-10(6-26-15)4-12(17)24/h3,6-7H,4-5H2,1-2H3,(H2,17,24)(H,20,22,25)(H,18,19,21,23). The molecule has 0 bridgehead atoms. The number of nitrogens with two attached hydrogens (primary N) is 1. The first-order valence-corrected chi connectivity index (χ1v) is 9.69. The Morgan fingerprint density at radius 1 is 0.963 bits per heavy atom. The van der Waals surface area contributed by atoms with Crippen molar-refractivity contribution in [2.45, 2.75) is 26.7 Å². The summed E-state index contributed by atoms with van der Waals surface area (Å²) in [6.45, 7) is 3.79. The van der Waals surface area contributed by atoms with Gasteiger partial charge in [-0.15, -0.1) is 22.7 Å². The number of amides is 2. The third-order valence-corrected chi connectivity index (χ3v) is 4.86. The summed E-state index contributed by atoms with van der Waals surface area (Å²) in [4.78, 5) is 40.2. The number of anilines is 3. The maximum Gasteiger partial charge on any atom is 0.232 e. The van der Waals surface area contributed by atoms with Gasteiger partial charge in [0.05, 0.1) is 24.2 Å². The normalized spacial score (nSPS) is 10.6. The maximum atomic E-state index is 12.2. The molecule has 4 N–H and O–H groups in total. The van der Waals surface area contributed by atoms with Crippen molar-refractivity contribution in [2.75, 3.05) is 10.6 Å². The van der Waals surface area contributed by atoms with Crippen molar-refractivity contribution in [1.82, 2.24) is 19.9 Å². The number of hydrogen-bond acceptors (Lipinski definition) is 9. The molecule has 0 saturated carbocycles. The number of rotatable bonds is 7. The van der Waals surface area contributed by atoms with E-state index in [2.05, 4.69) is 30.6 Å². The van der Waals surface area contributed by atoms with E-state index in [1.807, 2.05) is 19.9 Å². The fraction of sp³-hybridized carbons (Fsp3) is 0.250. The van der Waals surface area contributed by atoms with Crippen molar-refractivity contribution < 1.29 is 9.59 Å². The molecule has 3 rings (SSSR count). The molecule has 2 amide bonds. The van der Waals surface area contributed by atoms with Gasteiger partial charge in [0.15, 0.2) is 10.3 Å². The Labute approximate surface area is 163 Å². The molecule has 0 spiro atoms. The SMILES string of the molecule is Cc1cc(C)nc(Nc2nc(CC(=O)Nc3nc(CC(N)=O)cs3)cs2)n1. The molecule has 0 fully saturated rings. The van der Waals surface area contributed by atoms with Crippen LogP contribution in [0.3, 0.4) is 0 Å². The number of aromatic nitrogens is 4. The van der Waals surface area contributed by atoms with Crippen LogP contribution in [0.15, 0.2) is 16.8 Å². The molecule has 0 saturated heterocycles. The molecule has 3 heterocycles. The van der Waals surface area contributed by atoms with Crippen molar-refractivity contribution in [3.63, 3.8) is 0 Å². The predicted octanol–water partition coefficient (Wildman–Crippen LogP) is 1.96. The summed E-state index contributed by atoms with van der Waals surface area (Å²) < 4.78 is 0. The van der Waals surface area contributed by atoms with E-state index in [0.29, 0.717) is 27.6 Å².